The Morgan fingerprint density at radius 1 is 1.30 bits per heavy atom. The maximum absolute atomic E-state index is 12.8. The van der Waals surface area contributed by atoms with E-state index in [1.165, 1.54) is 0 Å². The number of nitriles is 1. The number of benzene rings is 1. The van der Waals surface area contributed by atoms with E-state index in [0.29, 0.717) is 5.56 Å². The Bertz CT molecular complexity index is 905. The van der Waals surface area contributed by atoms with Gasteiger partial charge in [0.25, 0.3) is 11.8 Å². The summed E-state index contributed by atoms with van der Waals surface area (Å²) in [5.74, 6) is -2.31. The minimum absolute atomic E-state index is 0.160. The first-order valence-corrected chi connectivity index (χ1v) is 9.52. The van der Waals surface area contributed by atoms with Crippen molar-refractivity contribution in [2.75, 3.05) is 13.2 Å². The lowest BCUT2D eigenvalue weighted by Gasteiger charge is -2.27. The molecule has 2 rings (SSSR count). The highest BCUT2D eigenvalue weighted by molar-refractivity contribution is 6.08. The van der Waals surface area contributed by atoms with E-state index in [-0.39, 0.29) is 5.92 Å². The number of rotatable bonds is 7. The lowest BCUT2D eigenvalue weighted by molar-refractivity contribution is -0.151. The number of aryl methyl sites for hydroxylation is 1. The largest absolute Gasteiger partial charge is 0.454 e. The first-order chi connectivity index (χ1) is 13.9. The van der Waals surface area contributed by atoms with Crippen molar-refractivity contribution >= 4 is 23.8 Å². The number of carbonyl (C=O) groups is 4. The zero-order valence-electron chi connectivity index (χ0n) is 17.7. The van der Waals surface area contributed by atoms with Crippen molar-refractivity contribution in [2.24, 2.45) is 5.92 Å². The van der Waals surface area contributed by atoms with Crippen LogP contribution in [0.3, 0.4) is 0 Å². The fourth-order valence-corrected chi connectivity index (χ4v) is 2.87. The van der Waals surface area contributed by atoms with Crippen LogP contribution in [0.4, 0.5) is 4.79 Å². The van der Waals surface area contributed by atoms with E-state index in [0.717, 1.165) is 10.5 Å². The van der Waals surface area contributed by atoms with Gasteiger partial charge in [-0.25, -0.2) is 4.79 Å². The first kappa shape index (κ1) is 22.9. The van der Waals surface area contributed by atoms with Crippen molar-refractivity contribution < 1.29 is 23.9 Å². The molecular formula is C21H26N4O5. The predicted molar refractivity (Wildman–Crippen MR) is 107 cm³/mol. The Balaban J connectivity index is 1.98. The molecule has 2 atom stereocenters. The van der Waals surface area contributed by atoms with Gasteiger partial charge in [-0.3, -0.25) is 19.3 Å². The molecule has 0 unspecified atom stereocenters. The molecule has 0 spiro atoms. The minimum Gasteiger partial charge on any atom is -0.454 e. The number of amides is 4. The van der Waals surface area contributed by atoms with Gasteiger partial charge in [0.05, 0.1) is 6.07 Å². The van der Waals surface area contributed by atoms with Crippen LogP contribution in [0.5, 0.6) is 0 Å². The molecule has 4 amide bonds. The van der Waals surface area contributed by atoms with E-state index in [4.69, 9.17) is 4.74 Å². The molecule has 0 bridgehead atoms. The number of hydrogen-bond acceptors (Lipinski definition) is 6. The molecule has 1 aromatic carbocycles. The number of esters is 1. The summed E-state index contributed by atoms with van der Waals surface area (Å²) in [6, 6.07) is 8.41. The molecule has 0 saturated carbocycles. The van der Waals surface area contributed by atoms with Crippen LogP contribution >= 0.6 is 0 Å². The van der Waals surface area contributed by atoms with Crippen LogP contribution in [-0.2, 0) is 24.7 Å². The Labute approximate surface area is 175 Å². The van der Waals surface area contributed by atoms with E-state index in [2.05, 4.69) is 10.6 Å². The van der Waals surface area contributed by atoms with E-state index in [1.807, 2.05) is 25.1 Å². The number of nitrogens with one attached hydrogen (secondary N) is 2. The second kappa shape index (κ2) is 8.53. The summed E-state index contributed by atoms with van der Waals surface area (Å²) in [4.78, 5) is 50.0. The zero-order valence-corrected chi connectivity index (χ0v) is 17.7. The van der Waals surface area contributed by atoms with E-state index in [1.54, 1.807) is 39.8 Å². The second-order valence-corrected chi connectivity index (χ2v) is 7.99. The minimum atomic E-state index is -1.30. The predicted octanol–water partition coefficient (Wildman–Crippen LogP) is 1.36. The number of carbonyl (C=O) groups excluding carboxylic acids is 4. The molecule has 1 aliphatic heterocycles. The Morgan fingerprint density at radius 2 is 1.90 bits per heavy atom. The zero-order chi connectivity index (χ0) is 22.7. The van der Waals surface area contributed by atoms with Gasteiger partial charge in [-0.2, -0.15) is 5.26 Å². The summed E-state index contributed by atoms with van der Waals surface area (Å²) in [6.45, 7) is 7.33. The van der Waals surface area contributed by atoms with Crippen LogP contribution in [0.25, 0.3) is 0 Å². The van der Waals surface area contributed by atoms with Crippen LogP contribution in [0, 0.1) is 24.2 Å². The van der Waals surface area contributed by atoms with Gasteiger partial charge in [-0.1, -0.05) is 43.7 Å². The van der Waals surface area contributed by atoms with Gasteiger partial charge in [0.15, 0.2) is 6.61 Å². The molecule has 0 radical (unpaired) electrons. The van der Waals surface area contributed by atoms with Crippen LogP contribution in [-0.4, -0.2) is 47.4 Å². The average Bonchev–Trinajstić information content (AvgIpc) is 2.90. The average molecular weight is 414 g/mol. The summed E-state index contributed by atoms with van der Waals surface area (Å²) >= 11 is 0. The third-order valence-corrected chi connectivity index (χ3v) is 5.34. The van der Waals surface area contributed by atoms with Gasteiger partial charge < -0.3 is 15.4 Å². The molecule has 1 saturated heterocycles. The quantitative estimate of drug-likeness (QED) is 0.512. The van der Waals surface area contributed by atoms with Crippen molar-refractivity contribution in [2.45, 2.75) is 45.7 Å². The smallest absolute Gasteiger partial charge is 0.326 e. The standard InChI is InChI=1S/C21H26N4O5/c1-13(2)20(4,12-22)23-16(26)11-30-17(27)10-25-18(28)21(5,24-19(25)29)15-8-6-14(3)7-9-15/h6-9,13H,10-11H2,1-5H3,(H,23,26)(H,24,29)/t20-,21-/m0/s1. The van der Waals surface area contributed by atoms with Crippen molar-refractivity contribution in [3.8, 4) is 6.07 Å². The first-order valence-electron chi connectivity index (χ1n) is 9.52. The van der Waals surface area contributed by atoms with E-state index >= 15 is 0 Å². The van der Waals surface area contributed by atoms with Crippen LogP contribution in [0.1, 0.15) is 38.8 Å². The number of nitrogens with zero attached hydrogens (tertiary/aromatic N) is 2. The molecule has 30 heavy (non-hydrogen) atoms. The molecule has 160 valence electrons. The fraction of sp³-hybridized carbons (Fsp3) is 0.476. The highest BCUT2D eigenvalue weighted by atomic mass is 16.5. The summed E-state index contributed by atoms with van der Waals surface area (Å²) in [5.41, 5.74) is -0.813. The topological polar surface area (TPSA) is 129 Å². The van der Waals surface area contributed by atoms with Gasteiger partial charge in [0, 0.05) is 0 Å². The monoisotopic (exact) mass is 414 g/mol. The van der Waals surface area contributed by atoms with E-state index < -0.39 is 48.0 Å². The molecule has 0 aromatic heterocycles. The summed E-state index contributed by atoms with van der Waals surface area (Å²) in [6.07, 6.45) is 0. The lowest BCUT2D eigenvalue weighted by Crippen LogP contribution is -2.50. The molecular weight excluding hydrogens is 388 g/mol. The van der Waals surface area contributed by atoms with Gasteiger partial charge in [0.2, 0.25) is 0 Å². The molecule has 9 nitrogen and oxygen atoms in total. The molecule has 2 N–H and O–H groups in total. The SMILES string of the molecule is Cc1ccc([C@]2(C)NC(=O)N(CC(=O)OCC(=O)N[C@@](C)(C#N)C(C)C)C2=O)cc1. The van der Waals surface area contributed by atoms with Gasteiger partial charge in [0.1, 0.15) is 17.6 Å². The van der Waals surface area contributed by atoms with Crippen molar-refractivity contribution in [3.05, 3.63) is 35.4 Å². The Kier molecular flexibility index (Phi) is 6.50. The summed E-state index contributed by atoms with van der Waals surface area (Å²) in [7, 11) is 0. The highest BCUT2D eigenvalue weighted by Crippen LogP contribution is 2.28. The fourth-order valence-electron chi connectivity index (χ4n) is 2.87. The number of hydrogen-bond donors (Lipinski definition) is 2. The molecule has 0 aliphatic carbocycles. The summed E-state index contributed by atoms with van der Waals surface area (Å²) in [5, 5.41) is 14.3. The third-order valence-electron chi connectivity index (χ3n) is 5.34. The van der Waals surface area contributed by atoms with Crippen molar-refractivity contribution in [3.63, 3.8) is 0 Å². The van der Waals surface area contributed by atoms with Crippen molar-refractivity contribution in [1.29, 1.82) is 5.26 Å². The maximum atomic E-state index is 12.8. The van der Waals surface area contributed by atoms with Crippen molar-refractivity contribution in [1.82, 2.24) is 15.5 Å². The number of urea groups is 1. The molecule has 1 aromatic rings. The lowest BCUT2D eigenvalue weighted by atomic mass is 9.90. The van der Waals surface area contributed by atoms with E-state index in [9.17, 15) is 24.4 Å². The number of ether oxygens (including phenoxy) is 1. The Morgan fingerprint density at radius 3 is 2.43 bits per heavy atom. The molecule has 1 aliphatic rings. The Hall–Kier alpha value is -3.41. The summed E-state index contributed by atoms with van der Waals surface area (Å²) < 4.78 is 4.89. The van der Waals surface area contributed by atoms with Crippen LogP contribution < -0.4 is 10.6 Å². The third kappa shape index (κ3) is 4.59. The number of imide groups is 1. The highest BCUT2D eigenvalue weighted by Gasteiger charge is 2.49. The van der Waals surface area contributed by atoms with Gasteiger partial charge in [-0.15, -0.1) is 0 Å². The van der Waals surface area contributed by atoms with Crippen LogP contribution in [0.15, 0.2) is 24.3 Å². The molecule has 1 heterocycles. The second-order valence-electron chi connectivity index (χ2n) is 7.99. The molecule has 1 fully saturated rings. The normalized spacial score (nSPS) is 20.4. The van der Waals surface area contributed by atoms with Crippen LogP contribution in [0.2, 0.25) is 0 Å². The molecule has 9 heteroatoms. The maximum Gasteiger partial charge on any atom is 0.326 e. The van der Waals surface area contributed by atoms with Gasteiger partial charge in [-0.05, 0) is 32.3 Å². The van der Waals surface area contributed by atoms with Gasteiger partial charge >= 0.3 is 12.0 Å².